The number of piperidine rings is 1. The zero-order chi connectivity index (χ0) is 16.2. The molecule has 0 unspecified atom stereocenters. The summed E-state index contributed by atoms with van der Waals surface area (Å²) in [5.41, 5.74) is 6.54. The average molecular weight is 314 g/mol. The molecular formula is C16H22N6O. The quantitative estimate of drug-likeness (QED) is 0.898. The van der Waals surface area contributed by atoms with Crippen LogP contribution in [0.1, 0.15) is 36.0 Å². The third-order valence-corrected chi connectivity index (χ3v) is 4.46. The van der Waals surface area contributed by atoms with Crippen LogP contribution < -0.4 is 5.73 Å². The lowest BCUT2D eigenvalue weighted by molar-refractivity contribution is 0.100. The third kappa shape index (κ3) is 3.73. The second-order valence-corrected chi connectivity index (χ2v) is 6.07. The molecule has 1 aromatic carbocycles. The van der Waals surface area contributed by atoms with Crippen molar-refractivity contribution < 1.29 is 4.79 Å². The Morgan fingerprint density at radius 1 is 1.30 bits per heavy atom. The van der Waals surface area contributed by atoms with Gasteiger partial charge in [-0.2, -0.15) is 4.80 Å². The summed E-state index contributed by atoms with van der Waals surface area (Å²) in [4.78, 5) is 15.2. The lowest BCUT2D eigenvalue weighted by Gasteiger charge is -2.32. The molecule has 2 aromatic rings. The normalized spacial score (nSPS) is 18.9. The van der Waals surface area contributed by atoms with Crippen molar-refractivity contribution in [1.29, 1.82) is 0 Å². The molecule has 1 atom stereocenters. The maximum absolute atomic E-state index is 11.1. The van der Waals surface area contributed by atoms with Crippen molar-refractivity contribution in [3.8, 4) is 11.4 Å². The fourth-order valence-corrected chi connectivity index (χ4v) is 3.01. The number of carbonyl (C=O) groups excluding carboxylic acids is 1. The van der Waals surface area contributed by atoms with Gasteiger partial charge in [-0.3, -0.25) is 4.79 Å². The summed E-state index contributed by atoms with van der Waals surface area (Å²) < 4.78 is 0. The van der Waals surface area contributed by atoms with Crippen LogP contribution in [0.3, 0.4) is 0 Å². The zero-order valence-electron chi connectivity index (χ0n) is 13.4. The van der Waals surface area contributed by atoms with Gasteiger partial charge in [0, 0.05) is 17.2 Å². The third-order valence-electron chi connectivity index (χ3n) is 4.46. The number of hydrogen-bond acceptors (Lipinski definition) is 5. The number of aryl methyl sites for hydroxylation is 1. The minimum absolute atomic E-state index is 0.440. The van der Waals surface area contributed by atoms with Crippen LogP contribution >= 0.6 is 0 Å². The van der Waals surface area contributed by atoms with Crippen LogP contribution in [0.5, 0.6) is 0 Å². The van der Waals surface area contributed by atoms with Gasteiger partial charge in [0.05, 0.1) is 6.54 Å². The fraction of sp³-hybridized carbons (Fsp3) is 0.500. The summed E-state index contributed by atoms with van der Waals surface area (Å²) in [6.45, 7) is 1.94. The van der Waals surface area contributed by atoms with Crippen molar-refractivity contribution in [1.82, 2.24) is 25.1 Å². The Morgan fingerprint density at radius 2 is 2.09 bits per heavy atom. The van der Waals surface area contributed by atoms with E-state index in [-0.39, 0.29) is 0 Å². The van der Waals surface area contributed by atoms with Crippen molar-refractivity contribution >= 4 is 5.91 Å². The molecule has 0 spiro atoms. The Hall–Kier alpha value is -2.28. The number of nitrogens with zero attached hydrogens (tertiary/aromatic N) is 5. The van der Waals surface area contributed by atoms with Gasteiger partial charge < -0.3 is 10.6 Å². The number of carbonyl (C=O) groups is 1. The zero-order valence-corrected chi connectivity index (χ0v) is 13.4. The molecule has 2 heterocycles. The molecule has 0 radical (unpaired) electrons. The number of amides is 1. The molecule has 3 rings (SSSR count). The van der Waals surface area contributed by atoms with E-state index in [1.165, 1.54) is 25.8 Å². The molecule has 1 aromatic heterocycles. The highest BCUT2D eigenvalue weighted by molar-refractivity contribution is 5.93. The molecule has 7 nitrogen and oxygen atoms in total. The smallest absolute Gasteiger partial charge is 0.248 e. The lowest BCUT2D eigenvalue weighted by atomic mass is 10.0. The monoisotopic (exact) mass is 314 g/mol. The highest BCUT2D eigenvalue weighted by Crippen LogP contribution is 2.18. The highest BCUT2D eigenvalue weighted by atomic mass is 16.1. The van der Waals surface area contributed by atoms with Crippen molar-refractivity contribution in [2.24, 2.45) is 5.73 Å². The number of primary amides is 1. The topological polar surface area (TPSA) is 89.9 Å². The summed E-state index contributed by atoms with van der Waals surface area (Å²) in [5.74, 6) is 0.128. The van der Waals surface area contributed by atoms with Crippen LogP contribution in [0.2, 0.25) is 0 Å². The largest absolute Gasteiger partial charge is 0.366 e. The molecule has 7 heteroatoms. The number of likely N-dealkylation sites (tertiary alicyclic amines) is 1. The number of nitrogens with two attached hydrogens (primary N) is 1. The maximum atomic E-state index is 11.1. The van der Waals surface area contributed by atoms with Gasteiger partial charge in [0.25, 0.3) is 0 Å². The molecule has 2 N–H and O–H groups in total. The second kappa shape index (κ2) is 6.87. The second-order valence-electron chi connectivity index (χ2n) is 6.07. The van der Waals surface area contributed by atoms with E-state index < -0.39 is 5.91 Å². The van der Waals surface area contributed by atoms with Crippen molar-refractivity contribution in [3.63, 3.8) is 0 Å². The SMILES string of the molecule is CN1CCCC[C@@H]1CCn1nnc(-c2ccc(C(N)=O)cc2)n1. The van der Waals surface area contributed by atoms with E-state index in [2.05, 4.69) is 27.4 Å². The van der Waals surface area contributed by atoms with E-state index in [1.807, 2.05) is 0 Å². The summed E-state index contributed by atoms with van der Waals surface area (Å²) >= 11 is 0. The number of benzene rings is 1. The lowest BCUT2D eigenvalue weighted by Crippen LogP contribution is -2.36. The van der Waals surface area contributed by atoms with Gasteiger partial charge in [0.15, 0.2) is 0 Å². The Morgan fingerprint density at radius 3 is 2.78 bits per heavy atom. The molecular weight excluding hydrogens is 292 g/mol. The van der Waals surface area contributed by atoms with Crippen LogP contribution in [0.4, 0.5) is 0 Å². The molecule has 23 heavy (non-hydrogen) atoms. The minimum Gasteiger partial charge on any atom is -0.366 e. The molecule has 1 saturated heterocycles. The molecule has 1 amide bonds. The van der Waals surface area contributed by atoms with E-state index in [0.29, 0.717) is 17.4 Å². The number of rotatable bonds is 5. The van der Waals surface area contributed by atoms with Crippen LogP contribution in [0.25, 0.3) is 11.4 Å². The minimum atomic E-state index is -0.440. The van der Waals surface area contributed by atoms with Crippen molar-refractivity contribution in [3.05, 3.63) is 29.8 Å². The van der Waals surface area contributed by atoms with E-state index in [1.54, 1.807) is 29.1 Å². The molecule has 0 bridgehead atoms. The van der Waals surface area contributed by atoms with Crippen LogP contribution in [0, 0.1) is 0 Å². The van der Waals surface area contributed by atoms with Gasteiger partial charge in [-0.15, -0.1) is 10.2 Å². The van der Waals surface area contributed by atoms with E-state index >= 15 is 0 Å². The van der Waals surface area contributed by atoms with Gasteiger partial charge in [-0.05, 0) is 50.2 Å². The summed E-state index contributed by atoms with van der Waals surface area (Å²) in [7, 11) is 2.18. The van der Waals surface area contributed by atoms with Crippen molar-refractivity contribution in [2.75, 3.05) is 13.6 Å². The Balaban J connectivity index is 1.62. The molecule has 1 fully saturated rings. The standard InChI is InChI=1S/C16H22N6O/c1-21-10-3-2-4-14(21)9-11-22-19-16(18-20-22)13-7-5-12(6-8-13)15(17)23/h5-8,14H,2-4,9-11H2,1H3,(H2,17,23)/t14-/m1/s1. The maximum Gasteiger partial charge on any atom is 0.248 e. The van der Waals surface area contributed by atoms with Crippen LogP contribution in [-0.4, -0.2) is 50.6 Å². The highest BCUT2D eigenvalue weighted by Gasteiger charge is 2.19. The van der Waals surface area contributed by atoms with Gasteiger partial charge in [-0.25, -0.2) is 0 Å². The summed E-state index contributed by atoms with van der Waals surface area (Å²) in [6, 6.07) is 7.53. The number of tetrazole rings is 1. The van der Waals surface area contributed by atoms with E-state index in [0.717, 1.165) is 18.5 Å². The van der Waals surface area contributed by atoms with Gasteiger partial charge >= 0.3 is 0 Å². The predicted octanol–water partition coefficient (Wildman–Crippen LogP) is 1.31. The van der Waals surface area contributed by atoms with E-state index in [9.17, 15) is 4.79 Å². The first-order valence-corrected chi connectivity index (χ1v) is 8.02. The molecule has 1 aliphatic heterocycles. The predicted molar refractivity (Wildman–Crippen MR) is 86.7 cm³/mol. The van der Waals surface area contributed by atoms with Gasteiger partial charge in [-0.1, -0.05) is 18.6 Å². The molecule has 0 aliphatic carbocycles. The van der Waals surface area contributed by atoms with Crippen LogP contribution in [-0.2, 0) is 6.54 Å². The first-order chi connectivity index (χ1) is 11.1. The molecule has 0 saturated carbocycles. The molecule has 122 valence electrons. The van der Waals surface area contributed by atoms with Crippen LogP contribution in [0.15, 0.2) is 24.3 Å². The van der Waals surface area contributed by atoms with E-state index in [4.69, 9.17) is 5.73 Å². The van der Waals surface area contributed by atoms with Crippen molar-refractivity contribution in [2.45, 2.75) is 38.3 Å². The van der Waals surface area contributed by atoms with Gasteiger partial charge in [0.2, 0.25) is 11.7 Å². The molecule has 1 aliphatic rings. The Kier molecular flexibility index (Phi) is 4.66. The number of hydrogen-bond donors (Lipinski definition) is 1. The Bertz CT molecular complexity index is 665. The summed E-state index contributed by atoms with van der Waals surface area (Å²) in [5, 5.41) is 12.6. The average Bonchev–Trinajstić information content (AvgIpc) is 3.03. The fourth-order valence-electron chi connectivity index (χ4n) is 3.01. The van der Waals surface area contributed by atoms with Gasteiger partial charge in [0.1, 0.15) is 0 Å². The first kappa shape index (κ1) is 15.6. The number of aromatic nitrogens is 4. The Labute approximate surface area is 135 Å². The summed E-state index contributed by atoms with van der Waals surface area (Å²) in [6.07, 6.45) is 4.87. The first-order valence-electron chi connectivity index (χ1n) is 8.02.